The Morgan fingerprint density at radius 3 is 2.35 bits per heavy atom. The standard InChI is InChI=1S/C47H48ClN3O6/c1-30-38(6-4-8-41(30)42-9-5-7-40(31(42)2)36-13-10-32(11-14-36)23-50-24-33-12-15-39(53)19-33)28-57-45-21-44(56-27-35-18-34(22-49)25-51-26-35)37(20-43(45)48)16-17-47(3,29-52)46(54)55/h4-11,13-14,18,20-21,25-26,33,50,52H,12,15-17,19,23-24,27-29H2,1-3H3,(H,54,55)/t33?,47-/m0/s1. The van der Waals surface area contributed by atoms with Gasteiger partial charge in [-0.2, -0.15) is 5.26 Å². The SMILES string of the molecule is Cc1c(COc2cc(OCc3cncc(C#N)c3)c(CC[C@@](C)(CO)C(=O)O)cc2Cl)cccc1-c1cccc(-c2ccc(CNCC3CCC(=O)C3)cc2)c1C. The predicted molar refractivity (Wildman–Crippen MR) is 221 cm³/mol. The molecule has 0 amide bonds. The van der Waals surface area contributed by atoms with Crippen LogP contribution in [0.4, 0.5) is 0 Å². The first-order valence-electron chi connectivity index (χ1n) is 19.2. The van der Waals surface area contributed by atoms with E-state index in [1.807, 2.05) is 12.1 Å². The fraction of sp³-hybridized carbons (Fsp3) is 0.319. The van der Waals surface area contributed by atoms with Gasteiger partial charge in [-0.25, -0.2) is 0 Å². The molecule has 1 aromatic heterocycles. The fourth-order valence-corrected chi connectivity index (χ4v) is 7.53. The van der Waals surface area contributed by atoms with Gasteiger partial charge in [0.1, 0.15) is 36.6 Å². The summed E-state index contributed by atoms with van der Waals surface area (Å²) in [6.07, 6.45) is 5.92. The highest BCUT2D eigenvalue weighted by Crippen LogP contribution is 2.38. The first-order chi connectivity index (χ1) is 27.5. The Balaban J connectivity index is 1.19. The highest BCUT2D eigenvalue weighted by atomic mass is 35.5. The highest BCUT2D eigenvalue weighted by molar-refractivity contribution is 6.32. The van der Waals surface area contributed by atoms with Gasteiger partial charge in [0.2, 0.25) is 0 Å². The Labute approximate surface area is 339 Å². The second-order valence-corrected chi connectivity index (χ2v) is 15.6. The Bertz CT molecular complexity index is 2280. The lowest BCUT2D eigenvalue weighted by atomic mass is 9.85. The number of ether oxygens (including phenoxy) is 2. The van der Waals surface area contributed by atoms with Gasteiger partial charge >= 0.3 is 5.97 Å². The summed E-state index contributed by atoms with van der Waals surface area (Å²) in [4.78, 5) is 27.6. The van der Waals surface area contributed by atoms with Crippen molar-refractivity contribution in [1.82, 2.24) is 10.3 Å². The van der Waals surface area contributed by atoms with E-state index < -0.39 is 18.0 Å². The van der Waals surface area contributed by atoms with Crippen molar-refractivity contribution in [3.8, 4) is 39.8 Å². The van der Waals surface area contributed by atoms with Gasteiger partial charge < -0.3 is 25.0 Å². The number of carboxylic acid groups (broad SMARTS) is 1. The third-order valence-electron chi connectivity index (χ3n) is 11.1. The summed E-state index contributed by atoms with van der Waals surface area (Å²) in [6, 6.07) is 28.4. The summed E-state index contributed by atoms with van der Waals surface area (Å²) in [6.45, 7) is 7.22. The van der Waals surface area contributed by atoms with E-state index in [1.165, 1.54) is 24.2 Å². The van der Waals surface area contributed by atoms with Crippen LogP contribution < -0.4 is 14.8 Å². The Hall–Kier alpha value is -5.53. The van der Waals surface area contributed by atoms with Gasteiger partial charge in [-0.05, 0) is 115 Å². The van der Waals surface area contributed by atoms with Crippen LogP contribution in [0, 0.1) is 36.5 Å². The lowest BCUT2D eigenvalue weighted by Gasteiger charge is -2.23. The van der Waals surface area contributed by atoms with Gasteiger partial charge in [0, 0.05) is 43.4 Å². The van der Waals surface area contributed by atoms with Crippen molar-refractivity contribution in [2.45, 2.75) is 72.6 Å². The molecule has 1 heterocycles. The molecule has 0 saturated heterocycles. The van der Waals surface area contributed by atoms with Gasteiger partial charge in [0.15, 0.2) is 0 Å². The number of hydrogen-bond acceptors (Lipinski definition) is 8. The number of carbonyl (C=O) groups excluding carboxylic acids is 1. The van der Waals surface area contributed by atoms with Gasteiger partial charge in [-0.15, -0.1) is 0 Å². The molecule has 0 aliphatic heterocycles. The molecule has 294 valence electrons. The monoisotopic (exact) mass is 785 g/mol. The number of rotatable bonds is 17. The number of Topliss-reactive ketones (excluding diaryl/α,β-unsaturated/α-hetero) is 1. The first-order valence-corrected chi connectivity index (χ1v) is 19.6. The summed E-state index contributed by atoms with van der Waals surface area (Å²) < 4.78 is 12.6. The first kappa shape index (κ1) is 41.1. The van der Waals surface area contributed by atoms with Crippen molar-refractivity contribution >= 4 is 23.4 Å². The molecular weight excluding hydrogens is 738 g/mol. The average molecular weight is 786 g/mol. The predicted octanol–water partition coefficient (Wildman–Crippen LogP) is 9.19. The Morgan fingerprint density at radius 1 is 0.930 bits per heavy atom. The zero-order valence-electron chi connectivity index (χ0n) is 32.6. The third-order valence-corrected chi connectivity index (χ3v) is 11.4. The molecule has 57 heavy (non-hydrogen) atoms. The molecule has 0 spiro atoms. The van der Waals surface area contributed by atoms with Crippen LogP contribution in [0.5, 0.6) is 11.5 Å². The molecule has 4 aromatic carbocycles. The summed E-state index contributed by atoms with van der Waals surface area (Å²) in [5.41, 5.74) is 9.40. The maximum atomic E-state index is 11.9. The second-order valence-electron chi connectivity index (χ2n) is 15.2. The molecule has 0 radical (unpaired) electrons. The molecule has 1 fully saturated rings. The number of pyridine rings is 1. The van der Waals surface area contributed by atoms with Crippen LogP contribution in [-0.4, -0.2) is 40.1 Å². The number of nitrogens with zero attached hydrogens (tertiary/aromatic N) is 2. The zero-order valence-corrected chi connectivity index (χ0v) is 33.4. The molecule has 10 heteroatoms. The van der Waals surface area contributed by atoms with Crippen molar-refractivity contribution < 1.29 is 29.3 Å². The maximum absolute atomic E-state index is 11.9. The quantitative estimate of drug-likeness (QED) is 0.0841. The highest BCUT2D eigenvalue weighted by Gasteiger charge is 2.32. The summed E-state index contributed by atoms with van der Waals surface area (Å²) in [7, 11) is 0. The van der Waals surface area contributed by atoms with Crippen LogP contribution in [0.3, 0.4) is 0 Å². The molecule has 1 aliphatic carbocycles. The minimum atomic E-state index is -1.34. The van der Waals surface area contributed by atoms with Crippen LogP contribution in [0.25, 0.3) is 22.3 Å². The number of nitrogens with one attached hydrogen (secondary N) is 1. The van der Waals surface area contributed by atoms with Crippen LogP contribution in [0.15, 0.2) is 91.3 Å². The number of aliphatic hydroxyl groups is 1. The van der Waals surface area contributed by atoms with E-state index in [0.29, 0.717) is 57.8 Å². The summed E-state index contributed by atoms with van der Waals surface area (Å²) >= 11 is 6.79. The lowest BCUT2D eigenvalue weighted by molar-refractivity contribution is -0.150. The van der Waals surface area contributed by atoms with Crippen molar-refractivity contribution in [2.75, 3.05) is 13.2 Å². The number of ketones is 1. The number of hydrogen-bond donors (Lipinski definition) is 3. The van der Waals surface area contributed by atoms with Crippen LogP contribution in [0.2, 0.25) is 5.02 Å². The van der Waals surface area contributed by atoms with E-state index >= 15 is 0 Å². The molecule has 0 bridgehead atoms. The summed E-state index contributed by atoms with van der Waals surface area (Å²) in [5.74, 6) is 0.587. The van der Waals surface area contributed by atoms with Crippen LogP contribution >= 0.6 is 11.6 Å². The van der Waals surface area contributed by atoms with E-state index in [0.717, 1.165) is 52.9 Å². The molecule has 3 N–H and O–H groups in total. The van der Waals surface area contributed by atoms with E-state index in [9.17, 15) is 25.1 Å². The van der Waals surface area contributed by atoms with Crippen LogP contribution in [0.1, 0.15) is 71.6 Å². The fourth-order valence-electron chi connectivity index (χ4n) is 7.28. The number of benzene rings is 4. The Kier molecular flexibility index (Phi) is 13.4. The number of aliphatic hydroxyl groups excluding tert-OH is 1. The third kappa shape index (κ3) is 10.1. The largest absolute Gasteiger partial charge is 0.488 e. The van der Waals surface area contributed by atoms with Gasteiger partial charge in [-0.3, -0.25) is 14.6 Å². The molecule has 2 atom stereocenters. The molecule has 6 rings (SSSR count). The Morgan fingerprint density at radius 2 is 1.65 bits per heavy atom. The number of aryl methyl sites for hydroxylation is 1. The summed E-state index contributed by atoms with van der Waals surface area (Å²) in [5, 5.41) is 32.8. The number of carbonyl (C=O) groups is 2. The molecular formula is C47H48ClN3O6. The second kappa shape index (κ2) is 18.6. The minimum absolute atomic E-state index is 0.109. The smallest absolute Gasteiger partial charge is 0.311 e. The number of aliphatic carboxylic acids is 1. The van der Waals surface area contributed by atoms with E-state index in [1.54, 1.807) is 24.4 Å². The molecule has 9 nitrogen and oxygen atoms in total. The minimum Gasteiger partial charge on any atom is -0.488 e. The van der Waals surface area contributed by atoms with Gasteiger partial charge in [0.05, 0.1) is 22.6 Å². The van der Waals surface area contributed by atoms with Crippen molar-refractivity contribution in [1.29, 1.82) is 5.26 Å². The molecule has 5 aromatic rings. The van der Waals surface area contributed by atoms with Gasteiger partial charge in [-0.1, -0.05) is 72.3 Å². The number of aromatic nitrogens is 1. The average Bonchev–Trinajstić information content (AvgIpc) is 3.64. The van der Waals surface area contributed by atoms with Crippen molar-refractivity contribution in [3.05, 3.63) is 135 Å². The normalized spacial score (nSPS) is 14.9. The molecule has 1 saturated carbocycles. The van der Waals surface area contributed by atoms with E-state index in [2.05, 4.69) is 78.7 Å². The van der Waals surface area contributed by atoms with Crippen molar-refractivity contribution in [3.63, 3.8) is 0 Å². The zero-order chi connectivity index (χ0) is 40.5. The van der Waals surface area contributed by atoms with E-state index in [-0.39, 0.29) is 26.1 Å². The van der Waals surface area contributed by atoms with Crippen molar-refractivity contribution in [2.24, 2.45) is 11.3 Å². The lowest BCUT2D eigenvalue weighted by Crippen LogP contribution is -2.32. The number of nitriles is 1. The molecule has 1 unspecified atom stereocenters. The number of halogens is 1. The molecule has 1 aliphatic rings. The topological polar surface area (TPSA) is 142 Å². The number of carboxylic acids is 1. The maximum Gasteiger partial charge on any atom is 0.311 e. The van der Waals surface area contributed by atoms with Crippen LogP contribution in [-0.2, 0) is 35.8 Å². The van der Waals surface area contributed by atoms with E-state index in [4.69, 9.17) is 21.1 Å². The van der Waals surface area contributed by atoms with Gasteiger partial charge in [0.25, 0.3) is 0 Å².